The van der Waals surface area contributed by atoms with Crippen LogP contribution in [0.4, 0.5) is 5.69 Å². The van der Waals surface area contributed by atoms with Crippen LogP contribution in [0.2, 0.25) is 0 Å². The van der Waals surface area contributed by atoms with E-state index < -0.39 is 5.97 Å². The van der Waals surface area contributed by atoms with Gasteiger partial charge >= 0.3 is 5.97 Å². The van der Waals surface area contributed by atoms with Crippen molar-refractivity contribution < 1.29 is 14.3 Å². The molecule has 0 radical (unpaired) electrons. The number of nitrogens with two attached hydrogens (primary N) is 1. The van der Waals surface area contributed by atoms with Gasteiger partial charge in [0.2, 0.25) is 5.91 Å². The Balaban J connectivity index is 2.58. The van der Waals surface area contributed by atoms with Gasteiger partial charge in [-0.05, 0) is 34.1 Å². The Morgan fingerprint density at radius 2 is 2.18 bits per heavy atom. The summed E-state index contributed by atoms with van der Waals surface area (Å²) in [4.78, 5) is 22.6. The van der Waals surface area contributed by atoms with E-state index in [1.54, 1.807) is 12.1 Å². The minimum Gasteiger partial charge on any atom is -0.462 e. The van der Waals surface area contributed by atoms with E-state index in [9.17, 15) is 9.59 Å². The molecule has 1 rings (SSSR count). The van der Waals surface area contributed by atoms with Gasteiger partial charge in [-0.25, -0.2) is 4.79 Å². The van der Waals surface area contributed by atoms with Crippen LogP contribution in [0.5, 0.6) is 0 Å². The number of carbonyl (C=O) groups is 2. The Hall–Kier alpha value is -1.56. The van der Waals surface area contributed by atoms with Crippen LogP contribution in [0.25, 0.3) is 0 Å². The zero-order valence-electron chi connectivity index (χ0n) is 9.33. The van der Waals surface area contributed by atoms with Gasteiger partial charge in [0.05, 0.1) is 12.0 Å². The molecule has 17 heavy (non-hydrogen) atoms. The highest BCUT2D eigenvalue weighted by molar-refractivity contribution is 9.10. The second-order valence-electron chi connectivity index (χ2n) is 3.30. The highest BCUT2D eigenvalue weighted by atomic mass is 79.9. The number of esters is 1. The molecule has 0 fully saturated rings. The SMILES string of the molecule is CNC(=O)CCOC(=O)c1cc(N)ccc1Br. The predicted octanol–water partition coefficient (Wildman–Crippen LogP) is 1.32. The first kappa shape index (κ1) is 13.5. The van der Waals surface area contributed by atoms with Gasteiger partial charge in [0.25, 0.3) is 0 Å². The maximum Gasteiger partial charge on any atom is 0.339 e. The number of anilines is 1. The van der Waals surface area contributed by atoms with Crippen molar-refractivity contribution in [3.63, 3.8) is 0 Å². The zero-order chi connectivity index (χ0) is 12.8. The van der Waals surface area contributed by atoms with Crippen molar-refractivity contribution in [2.45, 2.75) is 6.42 Å². The maximum absolute atomic E-state index is 11.6. The number of hydrogen-bond donors (Lipinski definition) is 2. The Labute approximate surface area is 107 Å². The van der Waals surface area contributed by atoms with Crippen molar-refractivity contribution >= 4 is 33.5 Å². The molecule has 0 heterocycles. The molecule has 1 aromatic carbocycles. The van der Waals surface area contributed by atoms with Crippen LogP contribution in [-0.4, -0.2) is 25.5 Å². The molecule has 1 aromatic rings. The minimum atomic E-state index is -0.506. The van der Waals surface area contributed by atoms with Gasteiger partial charge in [-0.3, -0.25) is 4.79 Å². The van der Waals surface area contributed by atoms with Gasteiger partial charge in [-0.1, -0.05) is 0 Å². The number of amides is 1. The monoisotopic (exact) mass is 300 g/mol. The average Bonchev–Trinajstić information content (AvgIpc) is 2.31. The van der Waals surface area contributed by atoms with E-state index in [0.29, 0.717) is 15.7 Å². The van der Waals surface area contributed by atoms with Crippen molar-refractivity contribution in [2.75, 3.05) is 19.4 Å². The number of nitrogen functional groups attached to an aromatic ring is 1. The summed E-state index contributed by atoms with van der Waals surface area (Å²) >= 11 is 3.23. The van der Waals surface area contributed by atoms with Crippen LogP contribution in [-0.2, 0) is 9.53 Å². The topological polar surface area (TPSA) is 81.4 Å². The quantitative estimate of drug-likeness (QED) is 0.649. The number of hydrogen-bond acceptors (Lipinski definition) is 4. The van der Waals surface area contributed by atoms with Crippen molar-refractivity contribution in [3.05, 3.63) is 28.2 Å². The number of carbonyl (C=O) groups excluding carboxylic acids is 2. The first-order valence-corrected chi connectivity index (χ1v) is 5.76. The molecule has 0 aliphatic carbocycles. The Morgan fingerprint density at radius 3 is 2.82 bits per heavy atom. The second-order valence-corrected chi connectivity index (χ2v) is 4.15. The van der Waals surface area contributed by atoms with Gasteiger partial charge in [0.1, 0.15) is 6.61 Å². The van der Waals surface area contributed by atoms with Crippen LogP contribution in [0.3, 0.4) is 0 Å². The molecule has 0 aliphatic heterocycles. The number of halogens is 1. The van der Waals surface area contributed by atoms with E-state index >= 15 is 0 Å². The van der Waals surface area contributed by atoms with Crippen LogP contribution in [0.1, 0.15) is 16.8 Å². The maximum atomic E-state index is 11.6. The molecule has 6 heteroatoms. The molecule has 0 aliphatic rings. The van der Waals surface area contributed by atoms with E-state index in [-0.39, 0.29) is 18.9 Å². The predicted molar refractivity (Wildman–Crippen MR) is 67.5 cm³/mol. The fourth-order valence-electron chi connectivity index (χ4n) is 1.14. The lowest BCUT2D eigenvalue weighted by Crippen LogP contribution is -2.20. The first-order chi connectivity index (χ1) is 8.04. The third-order valence-corrected chi connectivity index (χ3v) is 2.74. The van der Waals surface area contributed by atoms with Crippen LogP contribution in [0.15, 0.2) is 22.7 Å². The summed E-state index contributed by atoms with van der Waals surface area (Å²) in [5.74, 6) is -0.683. The molecule has 0 saturated heterocycles. The lowest BCUT2D eigenvalue weighted by molar-refractivity contribution is -0.121. The second kappa shape index (κ2) is 6.24. The third kappa shape index (κ3) is 4.07. The number of nitrogens with one attached hydrogen (secondary N) is 1. The van der Waals surface area contributed by atoms with Gasteiger partial charge in [0.15, 0.2) is 0 Å². The van der Waals surface area contributed by atoms with E-state index in [1.807, 2.05) is 0 Å². The fourth-order valence-corrected chi connectivity index (χ4v) is 1.55. The summed E-state index contributed by atoms with van der Waals surface area (Å²) in [6.45, 7) is 0.0414. The minimum absolute atomic E-state index is 0.0414. The first-order valence-electron chi connectivity index (χ1n) is 4.97. The van der Waals surface area contributed by atoms with Crippen LogP contribution >= 0.6 is 15.9 Å². The summed E-state index contributed by atoms with van der Waals surface area (Å²) in [6, 6.07) is 4.86. The molecule has 0 aromatic heterocycles. The normalized spacial score (nSPS) is 9.76. The zero-order valence-corrected chi connectivity index (χ0v) is 10.9. The lowest BCUT2D eigenvalue weighted by Gasteiger charge is -2.06. The molecule has 92 valence electrons. The molecule has 3 N–H and O–H groups in total. The molecule has 0 unspecified atom stereocenters. The fraction of sp³-hybridized carbons (Fsp3) is 0.273. The smallest absolute Gasteiger partial charge is 0.339 e. The molecular weight excluding hydrogens is 288 g/mol. The third-order valence-electron chi connectivity index (χ3n) is 2.05. The van der Waals surface area contributed by atoms with Gasteiger partial charge in [-0.15, -0.1) is 0 Å². The van der Waals surface area contributed by atoms with Crippen molar-refractivity contribution in [1.82, 2.24) is 5.32 Å². The Morgan fingerprint density at radius 1 is 1.47 bits per heavy atom. The molecule has 0 bridgehead atoms. The highest BCUT2D eigenvalue weighted by Crippen LogP contribution is 2.20. The average molecular weight is 301 g/mol. The van der Waals surface area contributed by atoms with E-state index in [0.717, 1.165) is 0 Å². The van der Waals surface area contributed by atoms with Crippen LogP contribution < -0.4 is 11.1 Å². The van der Waals surface area contributed by atoms with Crippen molar-refractivity contribution in [1.29, 1.82) is 0 Å². The molecule has 0 spiro atoms. The van der Waals surface area contributed by atoms with Crippen LogP contribution in [0, 0.1) is 0 Å². The van der Waals surface area contributed by atoms with Gasteiger partial charge < -0.3 is 15.8 Å². The molecule has 0 saturated carbocycles. The van der Waals surface area contributed by atoms with Crippen molar-refractivity contribution in [2.24, 2.45) is 0 Å². The summed E-state index contributed by atoms with van der Waals surface area (Å²) in [6.07, 6.45) is 0.141. The Kier molecular flexibility index (Phi) is 4.96. The number of rotatable bonds is 4. The summed E-state index contributed by atoms with van der Waals surface area (Å²) < 4.78 is 5.56. The number of ether oxygens (including phenoxy) is 1. The standard InChI is InChI=1S/C11H13BrN2O3/c1-14-10(15)4-5-17-11(16)8-6-7(13)2-3-9(8)12/h2-3,6H,4-5,13H2,1H3,(H,14,15). The summed E-state index contributed by atoms with van der Waals surface area (Å²) in [5.41, 5.74) is 6.40. The Bertz CT molecular complexity index is 435. The van der Waals surface area contributed by atoms with E-state index in [2.05, 4.69) is 21.2 Å². The molecular formula is C11H13BrN2O3. The molecule has 1 amide bonds. The van der Waals surface area contributed by atoms with E-state index in [1.165, 1.54) is 13.1 Å². The summed E-state index contributed by atoms with van der Waals surface area (Å²) in [5, 5.41) is 2.44. The van der Waals surface area contributed by atoms with Crippen molar-refractivity contribution in [3.8, 4) is 0 Å². The number of benzene rings is 1. The highest BCUT2D eigenvalue weighted by Gasteiger charge is 2.12. The largest absolute Gasteiger partial charge is 0.462 e. The molecule has 0 atom stereocenters. The van der Waals surface area contributed by atoms with E-state index in [4.69, 9.17) is 10.5 Å². The molecule has 5 nitrogen and oxygen atoms in total. The summed E-state index contributed by atoms with van der Waals surface area (Å²) in [7, 11) is 1.53. The van der Waals surface area contributed by atoms with Gasteiger partial charge in [0, 0.05) is 17.2 Å². The van der Waals surface area contributed by atoms with Gasteiger partial charge in [-0.2, -0.15) is 0 Å². The lowest BCUT2D eigenvalue weighted by atomic mass is 10.2.